The smallest absolute Gasteiger partial charge is 0.355 e. The zero-order chi connectivity index (χ0) is 15.1. The number of rotatable bonds is 7. The Hall–Kier alpha value is -2.25. The highest BCUT2D eigenvalue weighted by Gasteiger charge is 2.09. The summed E-state index contributed by atoms with van der Waals surface area (Å²) in [6.07, 6.45) is 0. The molecule has 110 valence electrons. The zero-order valence-corrected chi connectivity index (χ0v) is 11.9. The summed E-state index contributed by atoms with van der Waals surface area (Å²) in [5, 5.41) is 13.4. The number of nitrogens with zero attached hydrogens (tertiary/aromatic N) is 1. The summed E-state index contributed by atoms with van der Waals surface area (Å²) in [7, 11) is 0. The maximum Gasteiger partial charge on any atom is 0.355 e. The van der Waals surface area contributed by atoms with Gasteiger partial charge in [-0.25, -0.2) is 9.78 Å². The van der Waals surface area contributed by atoms with Crippen LogP contribution in [0.25, 0.3) is 0 Å². The van der Waals surface area contributed by atoms with Crippen molar-refractivity contribution < 1.29 is 19.4 Å². The Morgan fingerprint density at radius 2 is 2.05 bits per heavy atom. The number of carbonyl (C=O) groups excluding carboxylic acids is 1. The summed E-state index contributed by atoms with van der Waals surface area (Å²) in [6, 6.07) is 9.56. The lowest BCUT2D eigenvalue weighted by Gasteiger charge is -2.05. The van der Waals surface area contributed by atoms with E-state index in [4.69, 9.17) is 9.84 Å². The fourth-order valence-corrected chi connectivity index (χ4v) is 2.26. The van der Waals surface area contributed by atoms with Crippen molar-refractivity contribution in [2.75, 3.05) is 6.61 Å². The first kappa shape index (κ1) is 15.1. The predicted octanol–water partition coefficient (Wildman–Crippen LogP) is 1.67. The SMILES string of the molecule is O=C(COCc1ccccc1)NCc1nc(C(=O)O)cs1. The van der Waals surface area contributed by atoms with Gasteiger partial charge in [0.2, 0.25) is 5.91 Å². The average Bonchev–Trinajstić information content (AvgIpc) is 2.95. The maximum atomic E-state index is 11.6. The van der Waals surface area contributed by atoms with Crippen molar-refractivity contribution >= 4 is 23.2 Å². The summed E-state index contributed by atoms with van der Waals surface area (Å²) in [5.74, 6) is -1.34. The average molecular weight is 306 g/mol. The summed E-state index contributed by atoms with van der Waals surface area (Å²) < 4.78 is 5.29. The van der Waals surface area contributed by atoms with Crippen LogP contribution in [-0.2, 0) is 22.7 Å². The van der Waals surface area contributed by atoms with Gasteiger partial charge in [-0.1, -0.05) is 30.3 Å². The minimum Gasteiger partial charge on any atom is -0.476 e. The molecular formula is C14H14N2O4S. The number of hydrogen-bond acceptors (Lipinski definition) is 5. The third kappa shape index (κ3) is 4.97. The van der Waals surface area contributed by atoms with Gasteiger partial charge < -0.3 is 15.2 Å². The van der Waals surface area contributed by atoms with Gasteiger partial charge in [-0.3, -0.25) is 4.79 Å². The molecule has 1 amide bonds. The number of hydrogen-bond donors (Lipinski definition) is 2. The Balaban J connectivity index is 1.68. The Labute approximate surface area is 125 Å². The first-order valence-corrected chi connectivity index (χ1v) is 7.09. The van der Waals surface area contributed by atoms with Gasteiger partial charge in [0.1, 0.15) is 11.6 Å². The van der Waals surface area contributed by atoms with Crippen LogP contribution < -0.4 is 5.32 Å². The highest BCUT2D eigenvalue weighted by atomic mass is 32.1. The van der Waals surface area contributed by atoms with Crippen LogP contribution in [0, 0.1) is 0 Å². The second-order valence-corrected chi connectivity index (χ2v) is 5.13. The molecule has 21 heavy (non-hydrogen) atoms. The number of aromatic carboxylic acids is 1. The lowest BCUT2D eigenvalue weighted by atomic mass is 10.2. The molecule has 2 rings (SSSR count). The molecule has 0 radical (unpaired) electrons. The van der Waals surface area contributed by atoms with E-state index in [1.165, 1.54) is 16.7 Å². The van der Waals surface area contributed by atoms with Crippen molar-refractivity contribution in [2.24, 2.45) is 0 Å². The van der Waals surface area contributed by atoms with Crippen LogP contribution in [0.4, 0.5) is 0 Å². The number of amides is 1. The monoisotopic (exact) mass is 306 g/mol. The molecule has 1 aromatic heterocycles. The first-order chi connectivity index (χ1) is 10.1. The van der Waals surface area contributed by atoms with Crippen LogP contribution in [0.3, 0.4) is 0 Å². The summed E-state index contributed by atoms with van der Waals surface area (Å²) in [4.78, 5) is 26.1. The largest absolute Gasteiger partial charge is 0.476 e. The van der Waals surface area contributed by atoms with Gasteiger partial charge >= 0.3 is 5.97 Å². The fourth-order valence-electron chi connectivity index (χ4n) is 1.55. The summed E-state index contributed by atoms with van der Waals surface area (Å²) in [5.41, 5.74) is 0.987. The van der Waals surface area contributed by atoms with Crippen molar-refractivity contribution in [3.8, 4) is 0 Å². The Kier molecular flexibility index (Phi) is 5.42. The summed E-state index contributed by atoms with van der Waals surface area (Å²) >= 11 is 1.19. The molecule has 0 fully saturated rings. The molecule has 0 saturated heterocycles. The van der Waals surface area contributed by atoms with E-state index in [-0.39, 0.29) is 24.8 Å². The van der Waals surface area contributed by atoms with Gasteiger partial charge in [0.25, 0.3) is 0 Å². The number of benzene rings is 1. The van der Waals surface area contributed by atoms with Crippen molar-refractivity contribution in [3.63, 3.8) is 0 Å². The lowest BCUT2D eigenvalue weighted by molar-refractivity contribution is -0.126. The number of thiazole rings is 1. The number of nitrogens with one attached hydrogen (secondary N) is 1. The van der Waals surface area contributed by atoms with Crippen molar-refractivity contribution in [3.05, 3.63) is 52.0 Å². The van der Waals surface area contributed by atoms with Gasteiger partial charge in [-0.15, -0.1) is 11.3 Å². The maximum absolute atomic E-state index is 11.6. The highest BCUT2D eigenvalue weighted by molar-refractivity contribution is 7.09. The molecule has 0 aliphatic carbocycles. The molecule has 0 unspecified atom stereocenters. The van der Waals surface area contributed by atoms with E-state index in [1.807, 2.05) is 30.3 Å². The minimum absolute atomic E-state index is 0.00965. The van der Waals surface area contributed by atoms with E-state index in [0.29, 0.717) is 11.6 Å². The lowest BCUT2D eigenvalue weighted by Crippen LogP contribution is -2.27. The molecule has 0 saturated carbocycles. The van der Waals surface area contributed by atoms with Crippen molar-refractivity contribution in [2.45, 2.75) is 13.2 Å². The van der Waals surface area contributed by atoms with Crippen LogP contribution in [0.2, 0.25) is 0 Å². The van der Waals surface area contributed by atoms with Gasteiger partial charge in [-0.05, 0) is 5.56 Å². The molecule has 0 atom stereocenters. The van der Waals surface area contributed by atoms with Crippen LogP contribution in [0.15, 0.2) is 35.7 Å². The topological polar surface area (TPSA) is 88.5 Å². The normalized spacial score (nSPS) is 10.3. The van der Waals surface area contributed by atoms with Crippen molar-refractivity contribution in [1.29, 1.82) is 0 Å². The molecule has 1 aromatic carbocycles. The second kappa shape index (κ2) is 7.51. The second-order valence-electron chi connectivity index (χ2n) is 4.19. The van der Waals surface area contributed by atoms with Gasteiger partial charge in [0, 0.05) is 5.38 Å². The molecule has 1 heterocycles. The highest BCUT2D eigenvalue weighted by Crippen LogP contribution is 2.09. The van der Waals surface area contributed by atoms with E-state index >= 15 is 0 Å². The number of carboxylic acid groups (broad SMARTS) is 1. The van der Waals surface area contributed by atoms with Gasteiger partial charge in [0.15, 0.2) is 5.69 Å². The van der Waals surface area contributed by atoms with E-state index in [0.717, 1.165) is 5.56 Å². The fraction of sp³-hybridized carbons (Fsp3) is 0.214. The predicted molar refractivity (Wildman–Crippen MR) is 77.0 cm³/mol. The molecule has 2 N–H and O–H groups in total. The molecule has 0 bridgehead atoms. The van der Waals surface area contributed by atoms with E-state index < -0.39 is 5.97 Å². The van der Waals surface area contributed by atoms with Crippen LogP contribution in [0.1, 0.15) is 21.1 Å². The van der Waals surface area contributed by atoms with Gasteiger partial charge in [0.05, 0.1) is 13.2 Å². The third-order valence-corrected chi connectivity index (χ3v) is 3.40. The molecule has 0 aliphatic rings. The zero-order valence-electron chi connectivity index (χ0n) is 11.1. The molecule has 6 nitrogen and oxygen atoms in total. The Morgan fingerprint density at radius 3 is 2.71 bits per heavy atom. The van der Waals surface area contributed by atoms with Crippen LogP contribution >= 0.6 is 11.3 Å². The standard InChI is InChI=1S/C14H14N2O4S/c17-12(8-20-7-10-4-2-1-3-5-10)15-6-13-16-11(9-21-13)14(18)19/h1-5,9H,6-8H2,(H,15,17)(H,18,19). The molecule has 2 aromatic rings. The number of aromatic nitrogens is 1. The van der Waals surface area contributed by atoms with E-state index in [1.54, 1.807) is 0 Å². The van der Waals surface area contributed by atoms with Gasteiger partial charge in [-0.2, -0.15) is 0 Å². The Morgan fingerprint density at radius 1 is 1.29 bits per heavy atom. The van der Waals surface area contributed by atoms with Crippen LogP contribution in [-0.4, -0.2) is 28.6 Å². The van der Waals surface area contributed by atoms with Crippen molar-refractivity contribution in [1.82, 2.24) is 10.3 Å². The molecule has 7 heteroatoms. The molecule has 0 aliphatic heterocycles. The number of carboxylic acids is 1. The number of carbonyl (C=O) groups is 2. The molecule has 0 spiro atoms. The Bertz CT molecular complexity index is 612. The van der Waals surface area contributed by atoms with E-state index in [2.05, 4.69) is 10.3 Å². The van der Waals surface area contributed by atoms with Crippen LogP contribution in [0.5, 0.6) is 0 Å². The first-order valence-electron chi connectivity index (χ1n) is 6.21. The number of ether oxygens (including phenoxy) is 1. The third-order valence-electron chi connectivity index (χ3n) is 2.55. The quantitative estimate of drug-likeness (QED) is 0.812. The molecular weight excluding hydrogens is 292 g/mol. The minimum atomic E-state index is -1.07. The van der Waals surface area contributed by atoms with E-state index in [9.17, 15) is 9.59 Å². The summed E-state index contributed by atoms with van der Waals surface area (Å²) in [6.45, 7) is 0.520.